The van der Waals surface area contributed by atoms with E-state index < -0.39 is 0 Å². The number of hydrogen-bond acceptors (Lipinski definition) is 3. The number of anilines is 2. The lowest BCUT2D eigenvalue weighted by Gasteiger charge is -2.39. The van der Waals surface area contributed by atoms with Gasteiger partial charge in [-0.05, 0) is 49.2 Å². The summed E-state index contributed by atoms with van der Waals surface area (Å²) in [7, 11) is 0. The van der Waals surface area contributed by atoms with Gasteiger partial charge in [0.2, 0.25) is 0 Å². The van der Waals surface area contributed by atoms with Gasteiger partial charge >= 0.3 is 0 Å². The molecule has 2 aromatic carbocycles. The van der Waals surface area contributed by atoms with Gasteiger partial charge in [0.05, 0.1) is 12.3 Å². The number of para-hydroxylation sites is 2. The number of amides is 1. The van der Waals surface area contributed by atoms with Gasteiger partial charge in [0.25, 0.3) is 5.91 Å². The van der Waals surface area contributed by atoms with Crippen molar-refractivity contribution < 1.29 is 9.21 Å². The minimum atomic E-state index is -0.0943. The first kappa shape index (κ1) is 15.5. The Balaban J connectivity index is 1.69. The predicted octanol–water partition coefficient (Wildman–Crippen LogP) is 4.87. The summed E-state index contributed by atoms with van der Waals surface area (Å²) in [6.45, 7) is 2.08. The van der Waals surface area contributed by atoms with Crippen LogP contribution in [0.15, 0.2) is 77.4 Å². The fourth-order valence-electron chi connectivity index (χ4n) is 3.51. The van der Waals surface area contributed by atoms with E-state index in [1.165, 1.54) is 6.26 Å². The molecule has 3 aromatic rings. The maximum atomic E-state index is 12.9. The molecule has 0 saturated heterocycles. The molecular weight excluding hydrogens is 312 g/mol. The molecule has 4 rings (SSSR count). The highest BCUT2D eigenvalue weighted by molar-refractivity contribution is 6.05. The van der Waals surface area contributed by atoms with Crippen molar-refractivity contribution in [3.05, 3.63) is 84.3 Å². The van der Waals surface area contributed by atoms with E-state index in [-0.39, 0.29) is 18.0 Å². The summed E-state index contributed by atoms with van der Waals surface area (Å²) in [6.07, 6.45) is 2.37. The normalized spacial score (nSPS) is 19.3. The average Bonchev–Trinajstić information content (AvgIpc) is 3.17. The second-order valence-electron chi connectivity index (χ2n) is 6.36. The van der Waals surface area contributed by atoms with E-state index in [0.717, 1.165) is 23.4 Å². The first-order valence-corrected chi connectivity index (χ1v) is 8.51. The van der Waals surface area contributed by atoms with E-state index in [1.807, 2.05) is 41.3 Å². The van der Waals surface area contributed by atoms with Gasteiger partial charge in [0.15, 0.2) is 5.76 Å². The molecule has 0 bridgehead atoms. The number of hydrogen-bond donors (Lipinski definition) is 1. The number of carbonyl (C=O) groups is 1. The van der Waals surface area contributed by atoms with Crippen LogP contribution >= 0.6 is 0 Å². The minimum Gasteiger partial charge on any atom is -0.459 e. The first-order chi connectivity index (χ1) is 12.2. The van der Waals surface area contributed by atoms with Gasteiger partial charge in [-0.2, -0.15) is 0 Å². The van der Waals surface area contributed by atoms with Crippen LogP contribution in [0.4, 0.5) is 11.4 Å². The monoisotopic (exact) mass is 332 g/mol. The standard InChI is InChI=1S/C21H20N2O2/c1-15-14-18(22-16-8-3-2-4-9-16)17-10-5-6-11-19(17)23(15)21(24)20-12-7-13-25-20/h2-13,15,18,22H,14H2,1H3/t15-,18+/m0/s1. The van der Waals surface area contributed by atoms with Crippen LogP contribution in [0.1, 0.15) is 35.5 Å². The van der Waals surface area contributed by atoms with Gasteiger partial charge in [0.1, 0.15) is 0 Å². The number of furan rings is 1. The molecule has 1 amide bonds. The Kier molecular flexibility index (Phi) is 4.02. The lowest BCUT2D eigenvalue weighted by molar-refractivity contribution is 0.0947. The van der Waals surface area contributed by atoms with Crippen molar-refractivity contribution >= 4 is 17.3 Å². The number of carbonyl (C=O) groups excluding carboxylic acids is 1. The molecule has 4 heteroatoms. The zero-order chi connectivity index (χ0) is 17.2. The van der Waals surface area contributed by atoms with Crippen LogP contribution in [-0.4, -0.2) is 11.9 Å². The lowest BCUT2D eigenvalue weighted by Crippen LogP contribution is -2.44. The van der Waals surface area contributed by atoms with E-state index in [1.54, 1.807) is 12.1 Å². The van der Waals surface area contributed by atoms with Gasteiger partial charge in [-0.1, -0.05) is 36.4 Å². The highest BCUT2D eigenvalue weighted by atomic mass is 16.3. The van der Waals surface area contributed by atoms with Crippen LogP contribution in [0.3, 0.4) is 0 Å². The summed E-state index contributed by atoms with van der Waals surface area (Å²) in [5, 5.41) is 3.60. The predicted molar refractivity (Wildman–Crippen MR) is 98.8 cm³/mol. The van der Waals surface area contributed by atoms with Gasteiger partial charge in [-0.3, -0.25) is 4.79 Å². The second kappa shape index (κ2) is 6.48. The van der Waals surface area contributed by atoms with Crippen molar-refractivity contribution in [2.75, 3.05) is 10.2 Å². The fourth-order valence-corrected chi connectivity index (χ4v) is 3.51. The van der Waals surface area contributed by atoms with Gasteiger partial charge in [-0.25, -0.2) is 0 Å². The maximum Gasteiger partial charge on any atom is 0.294 e. The van der Waals surface area contributed by atoms with Crippen molar-refractivity contribution in [3.63, 3.8) is 0 Å². The van der Waals surface area contributed by atoms with Crippen LogP contribution in [0, 0.1) is 0 Å². The number of nitrogens with zero attached hydrogens (tertiary/aromatic N) is 1. The Morgan fingerprint density at radius 3 is 2.56 bits per heavy atom. The van der Waals surface area contributed by atoms with Crippen LogP contribution < -0.4 is 10.2 Å². The summed E-state index contributed by atoms with van der Waals surface area (Å²) in [5.74, 6) is 0.277. The topological polar surface area (TPSA) is 45.5 Å². The van der Waals surface area contributed by atoms with E-state index in [4.69, 9.17) is 4.42 Å². The number of fused-ring (bicyclic) bond motifs is 1. The highest BCUT2D eigenvalue weighted by Crippen LogP contribution is 2.39. The molecule has 126 valence electrons. The highest BCUT2D eigenvalue weighted by Gasteiger charge is 2.34. The van der Waals surface area contributed by atoms with E-state index in [0.29, 0.717) is 5.76 Å². The summed E-state index contributed by atoms with van der Waals surface area (Å²) < 4.78 is 5.33. The molecule has 25 heavy (non-hydrogen) atoms. The molecule has 1 aliphatic heterocycles. The summed E-state index contributed by atoms with van der Waals surface area (Å²) in [5.41, 5.74) is 3.15. The molecule has 0 unspecified atom stereocenters. The second-order valence-corrected chi connectivity index (χ2v) is 6.36. The number of benzene rings is 2. The van der Waals surface area contributed by atoms with E-state index >= 15 is 0 Å². The fraction of sp³-hybridized carbons (Fsp3) is 0.190. The van der Waals surface area contributed by atoms with Crippen molar-refractivity contribution in [2.45, 2.75) is 25.4 Å². The lowest BCUT2D eigenvalue weighted by atomic mass is 9.91. The molecule has 2 heterocycles. The number of rotatable bonds is 3. The molecule has 4 nitrogen and oxygen atoms in total. The summed E-state index contributed by atoms with van der Waals surface area (Å²) >= 11 is 0. The van der Waals surface area contributed by atoms with Gasteiger partial charge in [-0.15, -0.1) is 0 Å². The number of nitrogens with one attached hydrogen (secondary N) is 1. The zero-order valence-electron chi connectivity index (χ0n) is 14.1. The van der Waals surface area contributed by atoms with Crippen LogP contribution in [0.5, 0.6) is 0 Å². The molecular formula is C21H20N2O2. The quantitative estimate of drug-likeness (QED) is 0.744. The Morgan fingerprint density at radius 2 is 1.80 bits per heavy atom. The van der Waals surface area contributed by atoms with E-state index in [9.17, 15) is 4.79 Å². The molecule has 2 atom stereocenters. The zero-order valence-corrected chi connectivity index (χ0v) is 14.1. The Bertz CT molecular complexity index is 859. The third-order valence-corrected chi connectivity index (χ3v) is 4.65. The Morgan fingerprint density at radius 1 is 1.04 bits per heavy atom. The van der Waals surface area contributed by atoms with Crippen molar-refractivity contribution in [1.82, 2.24) is 0 Å². The molecule has 1 aromatic heterocycles. The SMILES string of the molecule is C[C@H]1C[C@@H](Nc2ccccc2)c2ccccc2N1C(=O)c1ccco1. The van der Waals surface area contributed by atoms with E-state index in [2.05, 4.69) is 30.4 Å². The molecule has 0 aliphatic carbocycles. The first-order valence-electron chi connectivity index (χ1n) is 8.51. The summed E-state index contributed by atoms with van der Waals surface area (Å²) in [6, 6.07) is 21.9. The van der Waals surface area contributed by atoms with Crippen LogP contribution in [-0.2, 0) is 0 Å². The molecule has 0 saturated carbocycles. The molecule has 0 fully saturated rings. The van der Waals surface area contributed by atoms with Crippen LogP contribution in [0.25, 0.3) is 0 Å². The summed E-state index contributed by atoms with van der Waals surface area (Å²) in [4.78, 5) is 14.8. The largest absolute Gasteiger partial charge is 0.459 e. The molecule has 1 N–H and O–H groups in total. The van der Waals surface area contributed by atoms with Gasteiger partial charge in [0, 0.05) is 17.4 Å². The third-order valence-electron chi connectivity index (χ3n) is 4.65. The average molecular weight is 332 g/mol. The Hall–Kier alpha value is -3.01. The van der Waals surface area contributed by atoms with Crippen molar-refractivity contribution in [1.29, 1.82) is 0 Å². The smallest absolute Gasteiger partial charge is 0.294 e. The Labute approximate surface area is 147 Å². The van der Waals surface area contributed by atoms with Gasteiger partial charge < -0.3 is 14.6 Å². The van der Waals surface area contributed by atoms with Crippen LogP contribution in [0.2, 0.25) is 0 Å². The minimum absolute atomic E-state index is 0.0636. The molecule has 0 spiro atoms. The third kappa shape index (κ3) is 2.91. The molecule has 1 aliphatic rings. The molecule has 0 radical (unpaired) electrons. The maximum absolute atomic E-state index is 12.9. The van der Waals surface area contributed by atoms with Crippen molar-refractivity contribution in [2.24, 2.45) is 0 Å². The van der Waals surface area contributed by atoms with Crippen molar-refractivity contribution in [3.8, 4) is 0 Å².